The van der Waals surface area contributed by atoms with Gasteiger partial charge in [-0.25, -0.2) is 22.5 Å². The van der Waals surface area contributed by atoms with Crippen molar-refractivity contribution < 1.29 is 31.5 Å². The van der Waals surface area contributed by atoms with Crippen LogP contribution >= 0.6 is 11.8 Å². The summed E-state index contributed by atoms with van der Waals surface area (Å²) in [6.45, 7) is 1.30. The zero-order valence-electron chi connectivity index (χ0n) is 16.2. The number of nitrogens with zero attached hydrogens (tertiary/aromatic N) is 2. The highest BCUT2D eigenvalue weighted by Gasteiger charge is 2.24. The average Bonchev–Trinajstić information content (AvgIpc) is 2.67. The lowest BCUT2D eigenvalue weighted by Gasteiger charge is -2.16. The number of alkyl halides is 2. The van der Waals surface area contributed by atoms with Gasteiger partial charge in [-0.1, -0.05) is 6.07 Å². The van der Waals surface area contributed by atoms with E-state index in [9.17, 15) is 26.8 Å². The molecule has 2 aromatic rings. The molecule has 0 radical (unpaired) electrons. The number of carbonyl (C=O) groups is 2. The fourth-order valence-corrected chi connectivity index (χ4v) is 3.71. The van der Waals surface area contributed by atoms with Crippen molar-refractivity contribution in [2.75, 3.05) is 19.4 Å². The van der Waals surface area contributed by atoms with Gasteiger partial charge in [-0.3, -0.25) is 4.79 Å². The van der Waals surface area contributed by atoms with Crippen molar-refractivity contribution in [3.8, 4) is 0 Å². The number of anilines is 1. The van der Waals surface area contributed by atoms with Gasteiger partial charge in [-0.05, 0) is 49.0 Å². The molecule has 162 valence electrons. The van der Waals surface area contributed by atoms with E-state index in [1.54, 1.807) is 0 Å². The molecular formula is C18H19F2N3O5S2. The largest absolute Gasteiger partial charge is 0.449 e. The first kappa shape index (κ1) is 23.7. The zero-order chi connectivity index (χ0) is 22.5. The van der Waals surface area contributed by atoms with Crippen LogP contribution in [0.3, 0.4) is 0 Å². The van der Waals surface area contributed by atoms with E-state index in [-0.39, 0.29) is 32.9 Å². The van der Waals surface area contributed by atoms with Crippen molar-refractivity contribution in [3.05, 3.63) is 48.2 Å². The third-order valence-corrected chi connectivity index (χ3v) is 6.26. The summed E-state index contributed by atoms with van der Waals surface area (Å²) < 4.78 is 55.7. The van der Waals surface area contributed by atoms with E-state index in [2.05, 4.69) is 10.3 Å². The van der Waals surface area contributed by atoms with Crippen LogP contribution in [0.15, 0.2) is 52.5 Å². The Kier molecular flexibility index (Phi) is 7.87. The highest BCUT2D eigenvalue weighted by molar-refractivity contribution is 7.99. The number of benzene rings is 1. The summed E-state index contributed by atoms with van der Waals surface area (Å²) in [7, 11) is -0.947. The van der Waals surface area contributed by atoms with Gasteiger partial charge in [-0.2, -0.15) is 8.78 Å². The molecule has 1 heterocycles. The molecule has 0 aliphatic carbocycles. The molecule has 0 bridgehead atoms. The van der Waals surface area contributed by atoms with Crippen LogP contribution in [0.5, 0.6) is 0 Å². The van der Waals surface area contributed by atoms with Crippen LogP contribution in [-0.4, -0.2) is 55.5 Å². The lowest BCUT2D eigenvalue weighted by Crippen LogP contribution is -2.30. The number of hydrogen-bond acceptors (Lipinski definition) is 7. The third-order valence-electron chi connectivity index (χ3n) is 3.72. The lowest BCUT2D eigenvalue weighted by atomic mass is 10.2. The fourth-order valence-electron chi connectivity index (χ4n) is 2.19. The quantitative estimate of drug-likeness (QED) is 0.478. The maximum Gasteiger partial charge on any atom is 0.341 e. The number of esters is 1. The first-order valence-corrected chi connectivity index (χ1v) is 10.8. The van der Waals surface area contributed by atoms with E-state index in [4.69, 9.17) is 4.74 Å². The number of halogens is 2. The number of pyridine rings is 1. The molecule has 0 aliphatic rings. The van der Waals surface area contributed by atoms with Crippen LogP contribution in [0.1, 0.15) is 17.3 Å². The third kappa shape index (κ3) is 5.97. The number of carbonyl (C=O) groups excluding carboxylic acids is 2. The maximum atomic E-state index is 12.6. The van der Waals surface area contributed by atoms with Gasteiger partial charge >= 0.3 is 5.97 Å². The normalized spacial score (nSPS) is 12.6. The average molecular weight is 459 g/mol. The molecule has 8 nitrogen and oxygen atoms in total. The van der Waals surface area contributed by atoms with Crippen LogP contribution in [-0.2, 0) is 19.6 Å². The molecule has 12 heteroatoms. The standard InChI is InChI=1S/C18H19F2N3O5S2/c1-11(28-17(25)14-8-5-9-21-16(14)29-18(19)20)15(24)22-12-6-4-7-13(10-12)30(26,27)23(2)3/h4-11,18H,1-3H3,(H,22,24)/t11-/m1/s1. The molecular weight excluding hydrogens is 440 g/mol. The summed E-state index contributed by atoms with van der Waals surface area (Å²) in [4.78, 5) is 28.3. The van der Waals surface area contributed by atoms with Crippen LogP contribution in [0.4, 0.5) is 14.5 Å². The van der Waals surface area contributed by atoms with Gasteiger partial charge in [0.2, 0.25) is 10.0 Å². The first-order valence-electron chi connectivity index (χ1n) is 8.46. The smallest absolute Gasteiger partial charge is 0.341 e. The Morgan fingerprint density at radius 2 is 1.90 bits per heavy atom. The predicted molar refractivity (Wildman–Crippen MR) is 107 cm³/mol. The number of amides is 1. The second kappa shape index (κ2) is 9.96. The Balaban J connectivity index is 2.10. The summed E-state index contributed by atoms with van der Waals surface area (Å²) in [6, 6.07) is 8.21. The van der Waals surface area contributed by atoms with E-state index in [1.807, 2.05) is 0 Å². The lowest BCUT2D eigenvalue weighted by molar-refractivity contribution is -0.123. The Labute approximate surface area is 176 Å². The van der Waals surface area contributed by atoms with Gasteiger partial charge in [-0.15, -0.1) is 0 Å². The van der Waals surface area contributed by atoms with Crippen molar-refractivity contribution in [1.82, 2.24) is 9.29 Å². The molecule has 1 atom stereocenters. The summed E-state index contributed by atoms with van der Waals surface area (Å²) in [5.74, 6) is -4.49. The van der Waals surface area contributed by atoms with Crippen molar-refractivity contribution in [2.45, 2.75) is 28.7 Å². The first-order chi connectivity index (χ1) is 14.0. The van der Waals surface area contributed by atoms with Gasteiger partial charge in [0.05, 0.1) is 10.5 Å². The molecule has 0 aliphatic heterocycles. The topological polar surface area (TPSA) is 106 Å². The van der Waals surface area contributed by atoms with E-state index in [1.165, 1.54) is 63.6 Å². The van der Waals surface area contributed by atoms with Crippen molar-refractivity contribution in [2.24, 2.45) is 0 Å². The molecule has 2 rings (SSSR count). The summed E-state index contributed by atoms with van der Waals surface area (Å²) >= 11 is 0.0909. The molecule has 0 unspecified atom stereocenters. The number of hydrogen-bond donors (Lipinski definition) is 1. The minimum absolute atomic E-state index is 0.0287. The van der Waals surface area contributed by atoms with Crippen LogP contribution in [0.2, 0.25) is 0 Å². The summed E-state index contributed by atoms with van der Waals surface area (Å²) in [5, 5.41) is 2.24. The summed E-state index contributed by atoms with van der Waals surface area (Å²) in [6.07, 6.45) is -0.0249. The van der Waals surface area contributed by atoms with Gasteiger partial charge in [0, 0.05) is 26.0 Å². The fraction of sp³-hybridized carbons (Fsp3) is 0.278. The number of ether oxygens (including phenoxy) is 1. The SMILES string of the molecule is C[C@@H](OC(=O)c1cccnc1SC(F)F)C(=O)Nc1cccc(S(=O)(=O)N(C)C)c1. The molecule has 0 saturated carbocycles. The highest BCUT2D eigenvalue weighted by atomic mass is 32.2. The number of rotatable bonds is 8. The number of nitrogens with one attached hydrogen (secondary N) is 1. The summed E-state index contributed by atoms with van der Waals surface area (Å²) in [5.41, 5.74) is -0.0114. The molecule has 1 N–H and O–H groups in total. The highest BCUT2D eigenvalue weighted by Crippen LogP contribution is 2.27. The van der Waals surface area contributed by atoms with Gasteiger partial charge < -0.3 is 10.1 Å². The molecule has 0 spiro atoms. The van der Waals surface area contributed by atoms with E-state index < -0.39 is 33.8 Å². The number of aromatic nitrogens is 1. The van der Waals surface area contributed by atoms with E-state index >= 15 is 0 Å². The monoisotopic (exact) mass is 459 g/mol. The molecule has 0 fully saturated rings. The Bertz CT molecular complexity index is 1030. The Morgan fingerprint density at radius 3 is 2.53 bits per heavy atom. The van der Waals surface area contributed by atoms with Crippen LogP contribution in [0, 0.1) is 0 Å². The minimum atomic E-state index is -3.70. The second-order valence-corrected chi connectivity index (χ2v) is 9.22. The Morgan fingerprint density at radius 1 is 1.20 bits per heavy atom. The van der Waals surface area contributed by atoms with Gasteiger partial charge in [0.1, 0.15) is 5.03 Å². The molecule has 0 saturated heterocycles. The van der Waals surface area contributed by atoms with E-state index in [0.717, 1.165) is 4.31 Å². The number of thioether (sulfide) groups is 1. The van der Waals surface area contributed by atoms with Gasteiger partial charge in [0.25, 0.3) is 11.7 Å². The predicted octanol–water partition coefficient (Wildman–Crippen LogP) is 2.83. The minimum Gasteiger partial charge on any atom is -0.449 e. The Hall–Kier alpha value is -2.57. The van der Waals surface area contributed by atoms with Crippen LogP contribution < -0.4 is 5.32 Å². The van der Waals surface area contributed by atoms with Crippen molar-refractivity contribution >= 4 is 39.3 Å². The van der Waals surface area contributed by atoms with Gasteiger partial charge in [0.15, 0.2) is 6.10 Å². The maximum absolute atomic E-state index is 12.6. The molecule has 1 amide bonds. The molecule has 1 aromatic carbocycles. The van der Waals surface area contributed by atoms with Crippen LogP contribution in [0.25, 0.3) is 0 Å². The van der Waals surface area contributed by atoms with E-state index in [0.29, 0.717) is 0 Å². The zero-order valence-corrected chi connectivity index (χ0v) is 17.8. The number of sulfonamides is 1. The van der Waals surface area contributed by atoms with Crippen molar-refractivity contribution in [3.63, 3.8) is 0 Å². The molecule has 1 aromatic heterocycles. The van der Waals surface area contributed by atoms with Crippen molar-refractivity contribution in [1.29, 1.82) is 0 Å². The molecule has 30 heavy (non-hydrogen) atoms. The second-order valence-electron chi connectivity index (χ2n) is 6.09.